The van der Waals surface area contributed by atoms with Crippen LogP contribution < -0.4 is 11.1 Å². The average molecular weight is 345 g/mol. The number of nitrogens with two attached hydrogens (primary N) is 1. The van der Waals surface area contributed by atoms with Crippen LogP contribution in [0.2, 0.25) is 0 Å². The third kappa shape index (κ3) is 2.95. The Morgan fingerprint density at radius 2 is 1.96 bits per heavy atom. The SMILES string of the molecule is Cc1cc(Nc2ncc3nnn(-c4ccccc4)c3n2)cc(C(N)=O)c1. The molecule has 0 saturated carbocycles. The molecule has 4 aromatic rings. The monoisotopic (exact) mass is 345 g/mol. The number of nitrogens with zero attached hydrogens (tertiary/aromatic N) is 5. The molecule has 2 aromatic carbocycles. The minimum atomic E-state index is -0.487. The number of fused-ring (bicyclic) bond motifs is 1. The average Bonchev–Trinajstić information content (AvgIpc) is 3.05. The van der Waals surface area contributed by atoms with Gasteiger partial charge in [0.25, 0.3) is 0 Å². The van der Waals surface area contributed by atoms with Crippen molar-refractivity contribution in [3.8, 4) is 5.69 Å². The molecule has 0 aliphatic heterocycles. The van der Waals surface area contributed by atoms with Crippen molar-refractivity contribution in [2.24, 2.45) is 5.73 Å². The number of hydrogen-bond donors (Lipinski definition) is 2. The van der Waals surface area contributed by atoms with Gasteiger partial charge in [0, 0.05) is 11.3 Å². The molecule has 0 fully saturated rings. The predicted molar refractivity (Wildman–Crippen MR) is 97.4 cm³/mol. The molecule has 26 heavy (non-hydrogen) atoms. The van der Waals surface area contributed by atoms with Gasteiger partial charge in [-0.3, -0.25) is 4.79 Å². The molecular formula is C18H15N7O. The van der Waals surface area contributed by atoms with Gasteiger partial charge in [-0.05, 0) is 42.8 Å². The number of carbonyl (C=O) groups excluding carboxylic acids is 1. The highest BCUT2D eigenvalue weighted by atomic mass is 16.1. The topological polar surface area (TPSA) is 112 Å². The number of rotatable bonds is 4. The summed E-state index contributed by atoms with van der Waals surface area (Å²) in [5, 5.41) is 11.3. The number of benzene rings is 2. The number of para-hydroxylation sites is 1. The summed E-state index contributed by atoms with van der Waals surface area (Å²) in [6.07, 6.45) is 1.60. The molecule has 0 unspecified atom stereocenters. The van der Waals surface area contributed by atoms with Crippen molar-refractivity contribution in [2.75, 3.05) is 5.32 Å². The molecule has 128 valence electrons. The normalized spacial score (nSPS) is 10.8. The summed E-state index contributed by atoms with van der Waals surface area (Å²) >= 11 is 0. The molecule has 0 saturated heterocycles. The van der Waals surface area contributed by atoms with Crippen LogP contribution in [-0.4, -0.2) is 30.9 Å². The van der Waals surface area contributed by atoms with Gasteiger partial charge in [-0.1, -0.05) is 23.4 Å². The minimum absolute atomic E-state index is 0.373. The molecule has 1 amide bonds. The first-order chi connectivity index (χ1) is 12.6. The fourth-order valence-electron chi connectivity index (χ4n) is 2.66. The van der Waals surface area contributed by atoms with Crippen LogP contribution in [0.25, 0.3) is 16.9 Å². The van der Waals surface area contributed by atoms with E-state index in [4.69, 9.17) is 5.73 Å². The third-order valence-corrected chi connectivity index (χ3v) is 3.81. The standard InChI is InChI=1S/C18H15N7O/c1-11-7-12(16(19)26)9-13(8-11)21-18-20-10-15-17(22-18)25(24-23-15)14-5-3-2-4-6-14/h2-10H,1H3,(H2,19,26)(H,20,21,22). The number of primary amides is 1. The molecule has 0 bridgehead atoms. The van der Waals surface area contributed by atoms with Crippen LogP contribution in [-0.2, 0) is 0 Å². The van der Waals surface area contributed by atoms with Crippen molar-refractivity contribution >= 4 is 28.7 Å². The Morgan fingerprint density at radius 1 is 1.15 bits per heavy atom. The molecule has 0 spiro atoms. The summed E-state index contributed by atoms with van der Waals surface area (Å²) in [6, 6.07) is 14.9. The molecule has 0 aliphatic carbocycles. The second-order valence-corrected chi connectivity index (χ2v) is 5.82. The number of carbonyl (C=O) groups is 1. The Balaban J connectivity index is 1.73. The number of nitrogens with one attached hydrogen (secondary N) is 1. The van der Waals surface area contributed by atoms with E-state index in [9.17, 15) is 4.79 Å². The van der Waals surface area contributed by atoms with Crippen LogP contribution in [0.1, 0.15) is 15.9 Å². The van der Waals surface area contributed by atoms with E-state index in [1.54, 1.807) is 23.0 Å². The van der Waals surface area contributed by atoms with Crippen LogP contribution >= 0.6 is 0 Å². The summed E-state index contributed by atoms with van der Waals surface area (Å²) < 4.78 is 1.65. The van der Waals surface area contributed by atoms with E-state index in [-0.39, 0.29) is 0 Å². The molecule has 8 nitrogen and oxygen atoms in total. The van der Waals surface area contributed by atoms with E-state index in [0.717, 1.165) is 11.3 Å². The van der Waals surface area contributed by atoms with Crippen LogP contribution in [0.5, 0.6) is 0 Å². The van der Waals surface area contributed by atoms with E-state index in [1.807, 2.05) is 43.3 Å². The van der Waals surface area contributed by atoms with Crippen molar-refractivity contribution in [3.05, 3.63) is 65.9 Å². The second-order valence-electron chi connectivity index (χ2n) is 5.82. The maximum atomic E-state index is 11.4. The summed E-state index contributed by atoms with van der Waals surface area (Å²) in [5.41, 5.74) is 9.39. The van der Waals surface area contributed by atoms with Crippen molar-refractivity contribution in [3.63, 3.8) is 0 Å². The van der Waals surface area contributed by atoms with E-state index < -0.39 is 5.91 Å². The van der Waals surface area contributed by atoms with Crippen LogP contribution in [0.15, 0.2) is 54.7 Å². The second kappa shape index (κ2) is 6.25. The van der Waals surface area contributed by atoms with Crippen LogP contribution in [0.3, 0.4) is 0 Å². The maximum Gasteiger partial charge on any atom is 0.248 e. The lowest BCUT2D eigenvalue weighted by Crippen LogP contribution is -2.11. The molecule has 8 heteroatoms. The first-order valence-electron chi connectivity index (χ1n) is 7.92. The maximum absolute atomic E-state index is 11.4. The fourth-order valence-corrected chi connectivity index (χ4v) is 2.66. The number of aryl methyl sites for hydroxylation is 1. The molecule has 0 aliphatic rings. The van der Waals surface area contributed by atoms with Crippen LogP contribution in [0.4, 0.5) is 11.6 Å². The van der Waals surface area contributed by atoms with Gasteiger partial charge in [0.1, 0.15) is 0 Å². The predicted octanol–water partition coefficient (Wildman–Crippen LogP) is 2.36. The number of aromatic nitrogens is 5. The van der Waals surface area contributed by atoms with Gasteiger partial charge in [0.15, 0.2) is 11.2 Å². The molecule has 2 heterocycles. The molecule has 0 radical (unpaired) electrons. The molecule has 2 aromatic heterocycles. The van der Waals surface area contributed by atoms with E-state index in [1.165, 1.54) is 0 Å². The van der Waals surface area contributed by atoms with E-state index in [2.05, 4.69) is 25.6 Å². The zero-order valence-electron chi connectivity index (χ0n) is 13.9. The zero-order chi connectivity index (χ0) is 18.1. The van der Waals surface area contributed by atoms with E-state index in [0.29, 0.717) is 28.4 Å². The van der Waals surface area contributed by atoms with E-state index >= 15 is 0 Å². The molecule has 3 N–H and O–H groups in total. The Morgan fingerprint density at radius 3 is 2.73 bits per heavy atom. The fraction of sp³-hybridized carbons (Fsp3) is 0.0556. The van der Waals surface area contributed by atoms with Gasteiger partial charge >= 0.3 is 0 Å². The number of hydrogen-bond acceptors (Lipinski definition) is 6. The quantitative estimate of drug-likeness (QED) is 0.587. The molecule has 4 rings (SSSR count). The van der Waals surface area contributed by atoms with Gasteiger partial charge in [-0.25, -0.2) is 4.98 Å². The van der Waals surface area contributed by atoms with Gasteiger partial charge in [0.2, 0.25) is 11.9 Å². The Hall–Kier alpha value is -3.81. The lowest BCUT2D eigenvalue weighted by molar-refractivity contribution is 0.1000. The molecular weight excluding hydrogens is 330 g/mol. The van der Waals surface area contributed by atoms with Crippen molar-refractivity contribution < 1.29 is 4.79 Å². The summed E-state index contributed by atoms with van der Waals surface area (Å²) in [6.45, 7) is 1.88. The highest BCUT2D eigenvalue weighted by Crippen LogP contribution is 2.20. The lowest BCUT2D eigenvalue weighted by atomic mass is 10.1. The smallest absolute Gasteiger partial charge is 0.248 e. The third-order valence-electron chi connectivity index (χ3n) is 3.81. The minimum Gasteiger partial charge on any atom is -0.366 e. The molecule has 0 atom stereocenters. The Bertz CT molecular complexity index is 1110. The largest absolute Gasteiger partial charge is 0.366 e. The van der Waals surface area contributed by atoms with Gasteiger partial charge in [0.05, 0.1) is 11.9 Å². The number of amides is 1. The summed E-state index contributed by atoms with van der Waals surface area (Å²) in [7, 11) is 0. The van der Waals surface area contributed by atoms with Crippen LogP contribution in [0, 0.1) is 6.92 Å². The Kier molecular flexibility index (Phi) is 3.77. The van der Waals surface area contributed by atoms with Gasteiger partial charge in [-0.2, -0.15) is 9.67 Å². The summed E-state index contributed by atoms with van der Waals surface area (Å²) in [5.74, 6) is -0.113. The lowest BCUT2D eigenvalue weighted by Gasteiger charge is -2.08. The zero-order valence-corrected chi connectivity index (χ0v) is 13.9. The highest BCUT2D eigenvalue weighted by molar-refractivity contribution is 5.94. The first-order valence-corrected chi connectivity index (χ1v) is 7.92. The van der Waals surface area contributed by atoms with Crippen molar-refractivity contribution in [1.82, 2.24) is 25.0 Å². The van der Waals surface area contributed by atoms with Crippen molar-refractivity contribution in [2.45, 2.75) is 6.92 Å². The van der Waals surface area contributed by atoms with Gasteiger partial charge < -0.3 is 11.1 Å². The summed E-state index contributed by atoms with van der Waals surface area (Å²) in [4.78, 5) is 20.2. The van der Waals surface area contributed by atoms with Gasteiger partial charge in [-0.15, -0.1) is 5.10 Å². The highest BCUT2D eigenvalue weighted by Gasteiger charge is 2.11. The number of anilines is 2. The first kappa shape index (κ1) is 15.7. The van der Waals surface area contributed by atoms with Crippen molar-refractivity contribution in [1.29, 1.82) is 0 Å². The Labute approximate surface area is 148 Å².